The second kappa shape index (κ2) is 9.87. The van der Waals surface area contributed by atoms with Gasteiger partial charge < -0.3 is 4.57 Å². The average molecular weight is 393 g/mol. The Hall–Kier alpha value is -2.42. The molecule has 3 heteroatoms. The van der Waals surface area contributed by atoms with Gasteiger partial charge in [-0.2, -0.15) is 0 Å². The molecule has 1 atom stereocenters. The highest BCUT2D eigenvalue weighted by molar-refractivity contribution is 5.92. The fourth-order valence-electron chi connectivity index (χ4n) is 3.81. The van der Waals surface area contributed by atoms with Crippen LogP contribution in [-0.4, -0.2) is 15.3 Å². The molecule has 0 aromatic carbocycles. The molecular weight excluding hydrogens is 356 g/mol. The Kier molecular flexibility index (Phi) is 7.78. The minimum atomic E-state index is 0.0417. The van der Waals surface area contributed by atoms with Gasteiger partial charge in [-0.25, -0.2) is 4.98 Å². The van der Waals surface area contributed by atoms with Crippen LogP contribution in [0.4, 0.5) is 0 Å². The van der Waals surface area contributed by atoms with Crippen molar-refractivity contribution >= 4 is 5.78 Å². The van der Waals surface area contributed by atoms with Crippen molar-refractivity contribution in [1.29, 1.82) is 0 Å². The molecule has 0 aliphatic heterocycles. The first-order valence-electron chi connectivity index (χ1n) is 10.6. The summed E-state index contributed by atoms with van der Waals surface area (Å²) in [4.78, 5) is 16.0. The van der Waals surface area contributed by atoms with Crippen LogP contribution in [0.2, 0.25) is 0 Å². The van der Waals surface area contributed by atoms with E-state index in [0.717, 1.165) is 18.4 Å². The zero-order valence-corrected chi connectivity index (χ0v) is 19.1. The second-order valence-corrected chi connectivity index (χ2v) is 9.09. The van der Waals surface area contributed by atoms with Gasteiger partial charge in [0.1, 0.15) is 0 Å². The summed E-state index contributed by atoms with van der Waals surface area (Å²) in [5, 5.41) is 0. The van der Waals surface area contributed by atoms with Crippen LogP contribution < -0.4 is 0 Å². The number of carbonyl (C=O) groups is 1. The van der Waals surface area contributed by atoms with E-state index in [1.807, 2.05) is 45.4 Å². The van der Waals surface area contributed by atoms with E-state index < -0.39 is 0 Å². The van der Waals surface area contributed by atoms with Crippen LogP contribution in [0.1, 0.15) is 67.3 Å². The molecule has 1 heterocycles. The molecule has 0 saturated heterocycles. The van der Waals surface area contributed by atoms with Gasteiger partial charge in [-0.1, -0.05) is 63.6 Å². The standard InChI is InChI=1S/C26H36N2O/c1-19(2)25(29)17-21(4)10-8-9-20(3)11-12-23-22(5)24(13-14-26(23,6)7)28-16-15-27-18-28/h8-12,15-19,24H,13-14H2,1-7H3. The smallest absolute Gasteiger partial charge is 0.158 e. The Balaban J connectivity index is 2.17. The molecule has 1 aliphatic carbocycles. The number of ketones is 1. The molecule has 1 aromatic heterocycles. The topological polar surface area (TPSA) is 34.9 Å². The summed E-state index contributed by atoms with van der Waals surface area (Å²) < 4.78 is 2.22. The molecule has 0 saturated carbocycles. The van der Waals surface area contributed by atoms with Crippen molar-refractivity contribution in [3.8, 4) is 0 Å². The molecule has 3 nitrogen and oxygen atoms in total. The highest BCUT2D eigenvalue weighted by Crippen LogP contribution is 2.45. The number of rotatable bonds is 7. The van der Waals surface area contributed by atoms with Crippen molar-refractivity contribution in [2.75, 3.05) is 0 Å². The van der Waals surface area contributed by atoms with Crippen LogP contribution in [0, 0.1) is 11.3 Å². The van der Waals surface area contributed by atoms with E-state index in [1.165, 1.54) is 16.7 Å². The fraction of sp³-hybridized carbons (Fsp3) is 0.462. The van der Waals surface area contributed by atoms with E-state index in [-0.39, 0.29) is 17.1 Å². The van der Waals surface area contributed by atoms with Crippen LogP contribution in [0.25, 0.3) is 0 Å². The summed E-state index contributed by atoms with van der Waals surface area (Å²) in [5.41, 5.74) is 5.17. The number of aromatic nitrogens is 2. The molecule has 0 amide bonds. The number of allylic oxidation sites excluding steroid dienone is 10. The number of carbonyl (C=O) groups excluding carboxylic acids is 1. The van der Waals surface area contributed by atoms with Crippen molar-refractivity contribution in [2.45, 2.75) is 67.3 Å². The van der Waals surface area contributed by atoms with Crippen LogP contribution >= 0.6 is 0 Å². The van der Waals surface area contributed by atoms with Crippen LogP contribution in [0.3, 0.4) is 0 Å². The molecule has 0 bridgehead atoms. The number of hydrogen-bond acceptors (Lipinski definition) is 2. The molecule has 2 rings (SSSR count). The lowest BCUT2D eigenvalue weighted by Crippen LogP contribution is -2.25. The van der Waals surface area contributed by atoms with Gasteiger partial charge in [0.15, 0.2) is 5.78 Å². The lowest BCUT2D eigenvalue weighted by molar-refractivity contribution is -0.117. The lowest BCUT2D eigenvalue weighted by atomic mass is 9.71. The molecular formula is C26H36N2O. The second-order valence-electron chi connectivity index (χ2n) is 9.09. The van der Waals surface area contributed by atoms with E-state index in [0.29, 0.717) is 6.04 Å². The summed E-state index contributed by atoms with van der Waals surface area (Å²) in [6.07, 6.45) is 20.4. The van der Waals surface area contributed by atoms with Gasteiger partial charge in [-0.3, -0.25) is 4.79 Å². The molecule has 156 valence electrons. The Morgan fingerprint density at radius 3 is 2.59 bits per heavy atom. The predicted octanol–water partition coefficient (Wildman–Crippen LogP) is 6.79. The van der Waals surface area contributed by atoms with Crippen molar-refractivity contribution in [3.05, 3.63) is 77.5 Å². The number of hydrogen-bond donors (Lipinski definition) is 0. The Morgan fingerprint density at radius 1 is 1.24 bits per heavy atom. The highest BCUT2D eigenvalue weighted by Gasteiger charge is 2.32. The summed E-state index contributed by atoms with van der Waals surface area (Å²) in [6.45, 7) is 14.8. The monoisotopic (exact) mass is 392 g/mol. The SMILES string of the molecule is CC(C=CC1=C(C)C(n2ccnc2)CCC1(C)C)=CC=CC(C)=CC(=O)C(C)C. The van der Waals surface area contributed by atoms with Gasteiger partial charge in [0.05, 0.1) is 12.4 Å². The summed E-state index contributed by atoms with van der Waals surface area (Å²) in [6, 6.07) is 0.389. The predicted molar refractivity (Wildman–Crippen MR) is 123 cm³/mol. The maximum atomic E-state index is 11.8. The Morgan fingerprint density at radius 2 is 1.97 bits per heavy atom. The average Bonchev–Trinajstić information content (AvgIpc) is 3.15. The van der Waals surface area contributed by atoms with Crippen molar-refractivity contribution in [3.63, 3.8) is 0 Å². The zero-order chi connectivity index (χ0) is 21.6. The van der Waals surface area contributed by atoms with Crippen molar-refractivity contribution < 1.29 is 4.79 Å². The van der Waals surface area contributed by atoms with E-state index in [9.17, 15) is 4.79 Å². The summed E-state index contributed by atoms with van der Waals surface area (Å²) >= 11 is 0. The molecule has 1 unspecified atom stereocenters. The number of imidazole rings is 1. The highest BCUT2D eigenvalue weighted by atomic mass is 16.1. The van der Waals surface area contributed by atoms with Gasteiger partial charge in [-0.05, 0) is 61.8 Å². The molecule has 0 spiro atoms. The number of nitrogens with zero attached hydrogens (tertiary/aromatic N) is 2. The maximum Gasteiger partial charge on any atom is 0.158 e. The van der Waals surface area contributed by atoms with Gasteiger partial charge in [-0.15, -0.1) is 0 Å². The fourth-order valence-corrected chi connectivity index (χ4v) is 3.81. The van der Waals surface area contributed by atoms with E-state index in [2.05, 4.69) is 61.7 Å². The van der Waals surface area contributed by atoms with E-state index in [1.54, 1.807) is 6.08 Å². The first-order chi connectivity index (χ1) is 13.6. The van der Waals surface area contributed by atoms with E-state index >= 15 is 0 Å². The first kappa shape index (κ1) is 22.9. The third-order valence-electron chi connectivity index (χ3n) is 5.75. The van der Waals surface area contributed by atoms with Crippen LogP contribution in [0.5, 0.6) is 0 Å². The molecule has 29 heavy (non-hydrogen) atoms. The van der Waals surface area contributed by atoms with E-state index in [4.69, 9.17) is 0 Å². The van der Waals surface area contributed by atoms with Crippen molar-refractivity contribution in [1.82, 2.24) is 9.55 Å². The summed E-state index contributed by atoms with van der Waals surface area (Å²) in [5.74, 6) is 0.210. The molecule has 1 aromatic rings. The molecule has 0 radical (unpaired) electrons. The van der Waals surface area contributed by atoms with Crippen molar-refractivity contribution in [2.24, 2.45) is 11.3 Å². The third kappa shape index (κ3) is 6.28. The van der Waals surface area contributed by atoms with Gasteiger partial charge >= 0.3 is 0 Å². The molecule has 0 N–H and O–H groups in total. The minimum Gasteiger partial charge on any atom is -0.330 e. The first-order valence-corrected chi connectivity index (χ1v) is 10.6. The maximum absolute atomic E-state index is 11.8. The quantitative estimate of drug-likeness (QED) is 0.378. The minimum absolute atomic E-state index is 0.0417. The third-order valence-corrected chi connectivity index (χ3v) is 5.75. The Labute approximate surface area is 176 Å². The van der Waals surface area contributed by atoms with Gasteiger partial charge in [0.2, 0.25) is 0 Å². The largest absolute Gasteiger partial charge is 0.330 e. The van der Waals surface area contributed by atoms with Gasteiger partial charge in [0.25, 0.3) is 0 Å². The van der Waals surface area contributed by atoms with Crippen LogP contribution in [0.15, 0.2) is 77.5 Å². The molecule has 0 fully saturated rings. The molecule has 1 aliphatic rings. The normalized spacial score (nSPS) is 21.0. The van der Waals surface area contributed by atoms with Gasteiger partial charge in [0, 0.05) is 18.3 Å². The zero-order valence-electron chi connectivity index (χ0n) is 19.1. The Bertz CT molecular complexity index is 859. The lowest BCUT2D eigenvalue weighted by Gasteiger charge is -2.37. The van der Waals surface area contributed by atoms with Crippen LogP contribution in [-0.2, 0) is 4.79 Å². The summed E-state index contributed by atoms with van der Waals surface area (Å²) in [7, 11) is 0.